The first-order valence-corrected chi connectivity index (χ1v) is 7.43. The van der Waals surface area contributed by atoms with E-state index in [2.05, 4.69) is 15.0 Å². The van der Waals surface area contributed by atoms with Crippen molar-refractivity contribution in [2.45, 2.75) is 45.3 Å². The zero-order valence-corrected chi connectivity index (χ0v) is 12.7. The SMILES string of the molecule is CCc1nc(CN(CCC(=O)OC)CC2CCCO2)no1. The van der Waals surface area contributed by atoms with E-state index in [1.807, 2.05) is 6.92 Å². The van der Waals surface area contributed by atoms with Crippen LogP contribution in [0.3, 0.4) is 0 Å². The van der Waals surface area contributed by atoms with Crippen LogP contribution in [0.4, 0.5) is 0 Å². The van der Waals surface area contributed by atoms with Crippen molar-refractivity contribution >= 4 is 5.97 Å². The number of nitrogens with zero attached hydrogens (tertiary/aromatic N) is 3. The number of ether oxygens (including phenoxy) is 2. The van der Waals surface area contributed by atoms with E-state index in [1.165, 1.54) is 7.11 Å². The van der Waals surface area contributed by atoms with Gasteiger partial charge < -0.3 is 14.0 Å². The van der Waals surface area contributed by atoms with Crippen LogP contribution in [0.2, 0.25) is 0 Å². The smallest absolute Gasteiger partial charge is 0.306 e. The number of carbonyl (C=O) groups excluding carboxylic acids is 1. The molecule has 1 aromatic heterocycles. The minimum Gasteiger partial charge on any atom is -0.469 e. The predicted octanol–water partition coefficient (Wildman–Crippen LogP) is 1.18. The van der Waals surface area contributed by atoms with Crippen molar-refractivity contribution in [1.29, 1.82) is 0 Å². The van der Waals surface area contributed by atoms with Crippen LogP contribution in [0, 0.1) is 0 Å². The first-order valence-electron chi connectivity index (χ1n) is 7.43. The number of methoxy groups -OCH3 is 1. The van der Waals surface area contributed by atoms with Crippen LogP contribution in [0.1, 0.15) is 37.9 Å². The van der Waals surface area contributed by atoms with E-state index >= 15 is 0 Å². The first-order chi connectivity index (χ1) is 10.2. The summed E-state index contributed by atoms with van der Waals surface area (Å²) in [4.78, 5) is 17.8. The van der Waals surface area contributed by atoms with Crippen LogP contribution in [0.5, 0.6) is 0 Å². The zero-order valence-electron chi connectivity index (χ0n) is 12.7. The van der Waals surface area contributed by atoms with Gasteiger partial charge in [-0.3, -0.25) is 9.69 Å². The van der Waals surface area contributed by atoms with E-state index in [1.54, 1.807) is 0 Å². The molecule has 0 aromatic carbocycles. The second-order valence-electron chi connectivity index (χ2n) is 5.15. The van der Waals surface area contributed by atoms with E-state index in [0.29, 0.717) is 31.2 Å². The van der Waals surface area contributed by atoms with Crippen molar-refractivity contribution in [3.8, 4) is 0 Å². The summed E-state index contributed by atoms with van der Waals surface area (Å²) in [5, 5.41) is 3.96. The summed E-state index contributed by atoms with van der Waals surface area (Å²) in [6, 6.07) is 0. The molecule has 0 spiro atoms. The van der Waals surface area contributed by atoms with E-state index in [4.69, 9.17) is 14.0 Å². The average Bonchev–Trinajstić information content (AvgIpc) is 3.15. The average molecular weight is 297 g/mol. The van der Waals surface area contributed by atoms with Gasteiger partial charge in [0, 0.05) is 26.1 Å². The molecule has 1 aromatic rings. The monoisotopic (exact) mass is 297 g/mol. The fraction of sp³-hybridized carbons (Fsp3) is 0.786. The fourth-order valence-electron chi connectivity index (χ4n) is 2.36. The standard InChI is InChI=1S/C14H23N3O4/c1-3-13-15-12(16-21-13)10-17(7-6-14(18)19-2)9-11-5-4-8-20-11/h11H,3-10H2,1-2H3. The lowest BCUT2D eigenvalue weighted by atomic mass is 10.2. The van der Waals surface area contributed by atoms with Gasteiger partial charge >= 0.3 is 5.97 Å². The van der Waals surface area contributed by atoms with E-state index in [9.17, 15) is 4.79 Å². The van der Waals surface area contributed by atoms with Gasteiger partial charge in [-0.25, -0.2) is 0 Å². The maximum Gasteiger partial charge on any atom is 0.306 e. The molecule has 118 valence electrons. The maximum absolute atomic E-state index is 11.3. The second-order valence-corrected chi connectivity index (χ2v) is 5.15. The minimum atomic E-state index is -0.213. The minimum absolute atomic E-state index is 0.213. The van der Waals surface area contributed by atoms with Crippen molar-refractivity contribution in [3.05, 3.63) is 11.7 Å². The lowest BCUT2D eigenvalue weighted by Crippen LogP contribution is -2.34. The Labute approximate surface area is 124 Å². The van der Waals surface area contributed by atoms with E-state index in [-0.39, 0.29) is 12.1 Å². The van der Waals surface area contributed by atoms with Gasteiger partial charge in [-0.2, -0.15) is 4.98 Å². The van der Waals surface area contributed by atoms with E-state index < -0.39 is 0 Å². The Balaban J connectivity index is 1.90. The molecule has 1 saturated heterocycles. The number of rotatable bonds is 8. The Kier molecular flexibility index (Phi) is 6.13. The number of hydrogen-bond donors (Lipinski definition) is 0. The molecular weight excluding hydrogens is 274 g/mol. The second kappa shape index (κ2) is 8.09. The third kappa shape index (κ3) is 5.09. The van der Waals surface area contributed by atoms with Gasteiger partial charge in [-0.15, -0.1) is 0 Å². The molecule has 7 nitrogen and oxygen atoms in total. The number of aromatic nitrogens is 2. The van der Waals surface area contributed by atoms with Gasteiger partial charge in [0.1, 0.15) is 0 Å². The molecule has 1 aliphatic heterocycles. The molecule has 1 aliphatic rings. The van der Waals surface area contributed by atoms with Crippen molar-refractivity contribution in [2.24, 2.45) is 0 Å². The maximum atomic E-state index is 11.3. The molecule has 0 amide bonds. The molecule has 7 heteroatoms. The molecule has 1 fully saturated rings. The molecule has 0 N–H and O–H groups in total. The Morgan fingerprint density at radius 1 is 1.52 bits per heavy atom. The normalized spacial score (nSPS) is 18.3. The zero-order chi connectivity index (χ0) is 15.1. The summed E-state index contributed by atoms with van der Waals surface area (Å²) in [7, 11) is 1.40. The molecule has 0 aliphatic carbocycles. The van der Waals surface area contributed by atoms with E-state index in [0.717, 1.165) is 32.4 Å². The largest absolute Gasteiger partial charge is 0.469 e. The Bertz CT molecular complexity index is 443. The fourth-order valence-corrected chi connectivity index (χ4v) is 2.36. The summed E-state index contributed by atoms with van der Waals surface area (Å²) in [5.41, 5.74) is 0. The lowest BCUT2D eigenvalue weighted by molar-refractivity contribution is -0.141. The van der Waals surface area contributed by atoms with Gasteiger partial charge in [0.25, 0.3) is 0 Å². The third-order valence-corrected chi connectivity index (χ3v) is 3.52. The van der Waals surface area contributed by atoms with Crippen LogP contribution in [-0.2, 0) is 27.2 Å². The quantitative estimate of drug-likeness (QED) is 0.667. The number of aryl methyl sites for hydroxylation is 1. The lowest BCUT2D eigenvalue weighted by Gasteiger charge is -2.23. The molecule has 0 radical (unpaired) electrons. The highest BCUT2D eigenvalue weighted by Crippen LogP contribution is 2.15. The molecule has 2 rings (SSSR count). The van der Waals surface area contributed by atoms with Crippen LogP contribution >= 0.6 is 0 Å². The number of esters is 1. The summed E-state index contributed by atoms with van der Waals surface area (Å²) in [6.45, 7) is 4.71. The molecular formula is C14H23N3O4. The predicted molar refractivity (Wildman–Crippen MR) is 74.6 cm³/mol. The van der Waals surface area contributed by atoms with Crippen molar-refractivity contribution in [2.75, 3.05) is 26.8 Å². The molecule has 21 heavy (non-hydrogen) atoms. The summed E-state index contributed by atoms with van der Waals surface area (Å²) in [6.07, 6.45) is 3.45. The summed E-state index contributed by atoms with van der Waals surface area (Å²) >= 11 is 0. The molecule has 0 bridgehead atoms. The van der Waals surface area contributed by atoms with Crippen LogP contribution in [0.25, 0.3) is 0 Å². The highest BCUT2D eigenvalue weighted by molar-refractivity contribution is 5.69. The van der Waals surface area contributed by atoms with Crippen molar-refractivity contribution in [1.82, 2.24) is 15.0 Å². The third-order valence-electron chi connectivity index (χ3n) is 3.52. The van der Waals surface area contributed by atoms with Crippen molar-refractivity contribution < 1.29 is 18.8 Å². The highest BCUT2D eigenvalue weighted by atomic mass is 16.5. The van der Waals surface area contributed by atoms with Gasteiger partial charge in [0.15, 0.2) is 5.82 Å². The Morgan fingerprint density at radius 2 is 2.38 bits per heavy atom. The summed E-state index contributed by atoms with van der Waals surface area (Å²) in [5.74, 6) is 1.07. The molecule has 1 unspecified atom stereocenters. The molecule has 0 saturated carbocycles. The van der Waals surface area contributed by atoms with Crippen molar-refractivity contribution in [3.63, 3.8) is 0 Å². The van der Waals surface area contributed by atoms with Gasteiger partial charge in [0.05, 0.1) is 26.2 Å². The van der Waals surface area contributed by atoms with Crippen LogP contribution < -0.4 is 0 Å². The first kappa shape index (κ1) is 15.9. The number of hydrogen-bond acceptors (Lipinski definition) is 7. The van der Waals surface area contributed by atoms with Crippen LogP contribution in [-0.4, -0.2) is 53.9 Å². The Hall–Kier alpha value is -1.47. The van der Waals surface area contributed by atoms with Gasteiger partial charge in [-0.05, 0) is 12.8 Å². The molecule has 1 atom stereocenters. The highest BCUT2D eigenvalue weighted by Gasteiger charge is 2.21. The summed E-state index contributed by atoms with van der Waals surface area (Å²) < 4.78 is 15.5. The Morgan fingerprint density at radius 3 is 3.00 bits per heavy atom. The van der Waals surface area contributed by atoms with Gasteiger partial charge in [-0.1, -0.05) is 12.1 Å². The van der Waals surface area contributed by atoms with Crippen LogP contribution in [0.15, 0.2) is 4.52 Å². The molecule has 2 heterocycles. The topological polar surface area (TPSA) is 77.7 Å². The number of carbonyl (C=O) groups is 1. The van der Waals surface area contributed by atoms with Gasteiger partial charge in [0.2, 0.25) is 5.89 Å².